The van der Waals surface area contributed by atoms with Crippen molar-refractivity contribution in [2.24, 2.45) is 11.7 Å². The molecule has 0 bridgehead atoms. The second-order valence-corrected chi connectivity index (χ2v) is 5.30. The molecule has 110 valence electrons. The predicted octanol–water partition coefficient (Wildman–Crippen LogP) is 0.711. The van der Waals surface area contributed by atoms with Gasteiger partial charge in [0.15, 0.2) is 0 Å². The van der Waals surface area contributed by atoms with E-state index in [0.717, 1.165) is 39.1 Å². The Hall–Kier alpha value is -1.46. The summed E-state index contributed by atoms with van der Waals surface area (Å²) in [6.45, 7) is 6.82. The van der Waals surface area contributed by atoms with Gasteiger partial charge in [0.2, 0.25) is 5.91 Å². The first-order valence-electron chi connectivity index (χ1n) is 7.34. The third-order valence-electron chi connectivity index (χ3n) is 3.94. The van der Waals surface area contributed by atoms with Gasteiger partial charge in [0.05, 0.1) is 5.92 Å². The first-order chi connectivity index (χ1) is 9.74. The minimum atomic E-state index is -0.0140. The van der Waals surface area contributed by atoms with E-state index >= 15 is 0 Å². The summed E-state index contributed by atoms with van der Waals surface area (Å²) in [7, 11) is 0. The molecule has 20 heavy (non-hydrogen) atoms. The van der Waals surface area contributed by atoms with E-state index < -0.39 is 0 Å². The zero-order chi connectivity index (χ0) is 14.4. The van der Waals surface area contributed by atoms with E-state index in [0.29, 0.717) is 6.54 Å². The van der Waals surface area contributed by atoms with E-state index in [2.05, 4.69) is 16.0 Å². The molecule has 1 atom stereocenters. The summed E-state index contributed by atoms with van der Waals surface area (Å²) in [5, 5.41) is 0. The third-order valence-corrected chi connectivity index (χ3v) is 3.94. The van der Waals surface area contributed by atoms with Crippen LogP contribution < -0.4 is 5.73 Å². The van der Waals surface area contributed by atoms with Gasteiger partial charge in [0.25, 0.3) is 0 Å². The molecular weight excluding hydrogens is 252 g/mol. The van der Waals surface area contributed by atoms with Crippen LogP contribution >= 0.6 is 0 Å². The minimum Gasteiger partial charge on any atom is -0.340 e. The van der Waals surface area contributed by atoms with Gasteiger partial charge in [-0.15, -0.1) is 0 Å². The van der Waals surface area contributed by atoms with E-state index in [1.807, 2.05) is 24.1 Å². The average Bonchev–Trinajstić information content (AvgIpc) is 2.50. The first-order valence-corrected chi connectivity index (χ1v) is 7.34. The molecule has 0 saturated carbocycles. The molecule has 1 aliphatic heterocycles. The molecule has 1 aromatic rings. The molecule has 1 aromatic heterocycles. The SMILES string of the molecule is CCC(CN)C(=O)N1CCN(Cc2cccnc2)CC1. The van der Waals surface area contributed by atoms with E-state index in [1.54, 1.807) is 6.20 Å². The van der Waals surface area contributed by atoms with Crippen LogP contribution in [0.3, 0.4) is 0 Å². The lowest BCUT2D eigenvalue weighted by atomic mass is 10.0. The molecule has 5 heteroatoms. The molecule has 2 heterocycles. The summed E-state index contributed by atoms with van der Waals surface area (Å²) < 4.78 is 0. The largest absolute Gasteiger partial charge is 0.340 e. The van der Waals surface area contributed by atoms with Crippen molar-refractivity contribution in [3.63, 3.8) is 0 Å². The number of carbonyl (C=O) groups is 1. The maximum absolute atomic E-state index is 12.2. The highest BCUT2D eigenvalue weighted by atomic mass is 16.2. The fourth-order valence-electron chi connectivity index (χ4n) is 2.58. The van der Waals surface area contributed by atoms with Crippen molar-refractivity contribution in [3.8, 4) is 0 Å². The monoisotopic (exact) mass is 276 g/mol. The Morgan fingerprint density at radius 2 is 2.15 bits per heavy atom. The Balaban J connectivity index is 1.82. The molecular formula is C15H24N4O. The molecule has 1 saturated heterocycles. The van der Waals surface area contributed by atoms with Crippen molar-refractivity contribution in [2.75, 3.05) is 32.7 Å². The van der Waals surface area contributed by atoms with Crippen LogP contribution in [0, 0.1) is 5.92 Å². The van der Waals surface area contributed by atoms with Crippen LogP contribution in [0.25, 0.3) is 0 Å². The maximum Gasteiger partial charge on any atom is 0.227 e. The average molecular weight is 276 g/mol. The summed E-state index contributed by atoms with van der Waals surface area (Å²) in [6.07, 6.45) is 4.52. The molecule has 0 aliphatic carbocycles. The normalized spacial score (nSPS) is 18.0. The number of carbonyl (C=O) groups excluding carboxylic acids is 1. The summed E-state index contributed by atoms with van der Waals surface area (Å²) in [4.78, 5) is 20.7. The Morgan fingerprint density at radius 1 is 1.40 bits per heavy atom. The van der Waals surface area contributed by atoms with Crippen LogP contribution in [0.1, 0.15) is 18.9 Å². The molecule has 0 aromatic carbocycles. The standard InChI is InChI=1S/C15H24N4O/c1-2-14(10-16)15(20)19-8-6-18(7-9-19)12-13-4-3-5-17-11-13/h3-5,11,14H,2,6-10,12,16H2,1H3. The van der Waals surface area contributed by atoms with Gasteiger partial charge >= 0.3 is 0 Å². The number of amides is 1. The highest BCUT2D eigenvalue weighted by Gasteiger charge is 2.25. The summed E-state index contributed by atoms with van der Waals surface area (Å²) >= 11 is 0. The van der Waals surface area contributed by atoms with E-state index in [9.17, 15) is 4.79 Å². The zero-order valence-electron chi connectivity index (χ0n) is 12.2. The first kappa shape index (κ1) is 14.9. The van der Waals surface area contributed by atoms with Crippen LogP contribution in [0.5, 0.6) is 0 Å². The molecule has 0 radical (unpaired) electrons. The van der Waals surface area contributed by atoms with Crippen molar-refractivity contribution in [1.82, 2.24) is 14.8 Å². The zero-order valence-corrected chi connectivity index (χ0v) is 12.2. The lowest BCUT2D eigenvalue weighted by Crippen LogP contribution is -2.50. The van der Waals surface area contributed by atoms with E-state index in [1.165, 1.54) is 5.56 Å². The topological polar surface area (TPSA) is 62.5 Å². The van der Waals surface area contributed by atoms with Crippen molar-refractivity contribution in [2.45, 2.75) is 19.9 Å². The quantitative estimate of drug-likeness (QED) is 0.860. The van der Waals surface area contributed by atoms with Crippen molar-refractivity contribution >= 4 is 5.91 Å². The predicted molar refractivity (Wildman–Crippen MR) is 78.9 cm³/mol. The van der Waals surface area contributed by atoms with E-state index in [4.69, 9.17) is 5.73 Å². The summed E-state index contributed by atoms with van der Waals surface area (Å²) in [5.41, 5.74) is 6.88. The highest BCUT2D eigenvalue weighted by molar-refractivity contribution is 5.79. The molecule has 1 amide bonds. The van der Waals surface area contributed by atoms with Crippen molar-refractivity contribution in [1.29, 1.82) is 0 Å². The highest BCUT2D eigenvalue weighted by Crippen LogP contribution is 2.11. The second-order valence-electron chi connectivity index (χ2n) is 5.30. The van der Waals surface area contributed by atoms with Gasteiger partial charge in [0, 0.05) is 51.7 Å². The van der Waals surface area contributed by atoms with Crippen LogP contribution in [-0.2, 0) is 11.3 Å². The van der Waals surface area contributed by atoms with Crippen molar-refractivity contribution in [3.05, 3.63) is 30.1 Å². The molecule has 0 spiro atoms. The number of aromatic nitrogens is 1. The third kappa shape index (κ3) is 3.77. The van der Waals surface area contributed by atoms with Crippen LogP contribution in [0.4, 0.5) is 0 Å². The van der Waals surface area contributed by atoms with Crippen molar-refractivity contribution < 1.29 is 4.79 Å². The number of piperazine rings is 1. The Kier molecular flexibility index (Phi) is 5.49. The maximum atomic E-state index is 12.2. The number of nitrogens with zero attached hydrogens (tertiary/aromatic N) is 3. The summed E-state index contributed by atoms with van der Waals surface area (Å²) in [6, 6.07) is 4.05. The van der Waals surface area contributed by atoms with Gasteiger partial charge < -0.3 is 10.6 Å². The molecule has 1 aliphatic rings. The lowest BCUT2D eigenvalue weighted by molar-refractivity contribution is -0.137. The van der Waals surface area contributed by atoms with Crippen LogP contribution in [0.15, 0.2) is 24.5 Å². The van der Waals surface area contributed by atoms with Gasteiger partial charge in [-0.05, 0) is 18.1 Å². The minimum absolute atomic E-state index is 0.0140. The fourth-order valence-corrected chi connectivity index (χ4v) is 2.58. The van der Waals surface area contributed by atoms with Gasteiger partial charge in [0.1, 0.15) is 0 Å². The van der Waals surface area contributed by atoms with Gasteiger partial charge in [-0.2, -0.15) is 0 Å². The number of hydrogen-bond donors (Lipinski definition) is 1. The lowest BCUT2D eigenvalue weighted by Gasteiger charge is -2.36. The molecule has 1 unspecified atom stereocenters. The summed E-state index contributed by atoms with van der Waals surface area (Å²) in [5.74, 6) is 0.205. The molecule has 5 nitrogen and oxygen atoms in total. The Bertz CT molecular complexity index is 411. The van der Waals surface area contributed by atoms with E-state index in [-0.39, 0.29) is 11.8 Å². The van der Waals surface area contributed by atoms with Gasteiger partial charge in [-0.1, -0.05) is 13.0 Å². The number of rotatable bonds is 5. The fraction of sp³-hybridized carbons (Fsp3) is 0.600. The molecule has 2 N–H and O–H groups in total. The number of nitrogens with two attached hydrogens (primary N) is 1. The second kappa shape index (κ2) is 7.36. The molecule has 1 fully saturated rings. The number of pyridine rings is 1. The van der Waals surface area contributed by atoms with Crippen LogP contribution in [-0.4, -0.2) is 53.4 Å². The Labute approximate surface area is 120 Å². The Morgan fingerprint density at radius 3 is 2.70 bits per heavy atom. The van der Waals surface area contributed by atoms with Gasteiger partial charge in [-0.3, -0.25) is 14.7 Å². The van der Waals surface area contributed by atoms with Crippen LogP contribution in [0.2, 0.25) is 0 Å². The smallest absolute Gasteiger partial charge is 0.227 e. The molecule has 2 rings (SSSR count). The van der Waals surface area contributed by atoms with Gasteiger partial charge in [-0.25, -0.2) is 0 Å². The number of hydrogen-bond acceptors (Lipinski definition) is 4.